The molecule has 0 bridgehead atoms. The molecule has 3 aromatic rings. The summed E-state index contributed by atoms with van der Waals surface area (Å²) in [6, 6.07) is 20.9. The summed E-state index contributed by atoms with van der Waals surface area (Å²) in [4.78, 5) is 16.0. The van der Waals surface area contributed by atoms with Crippen molar-refractivity contribution in [1.82, 2.24) is 10.4 Å². The van der Waals surface area contributed by atoms with Gasteiger partial charge in [0.25, 0.3) is 5.91 Å². The molecule has 0 aliphatic rings. The number of nitrogens with zero attached hydrogens (tertiary/aromatic N) is 2. The van der Waals surface area contributed by atoms with Gasteiger partial charge in [-0.1, -0.05) is 42.5 Å². The summed E-state index contributed by atoms with van der Waals surface area (Å²) in [6.07, 6.45) is 3.14. The Kier molecular flexibility index (Phi) is 5.72. The van der Waals surface area contributed by atoms with Gasteiger partial charge in [-0.25, -0.2) is 5.43 Å². The summed E-state index contributed by atoms with van der Waals surface area (Å²) < 4.78 is 5.93. The molecular formula is C21H19N3O2. The number of benzene rings is 2. The number of nitrogens with one attached hydrogen (secondary N) is 1. The Morgan fingerprint density at radius 1 is 1.00 bits per heavy atom. The van der Waals surface area contributed by atoms with Crippen molar-refractivity contribution in [3.05, 3.63) is 95.8 Å². The van der Waals surface area contributed by atoms with Gasteiger partial charge >= 0.3 is 0 Å². The fourth-order valence-corrected chi connectivity index (χ4v) is 2.39. The van der Waals surface area contributed by atoms with Gasteiger partial charge < -0.3 is 4.74 Å². The van der Waals surface area contributed by atoms with Gasteiger partial charge in [-0.15, -0.1) is 0 Å². The average Bonchev–Trinajstić information content (AvgIpc) is 2.72. The third kappa shape index (κ3) is 4.54. The molecule has 2 aromatic carbocycles. The van der Waals surface area contributed by atoms with Crippen LogP contribution >= 0.6 is 0 Å². The van der Waals surface area contributed by atoms with Crippen molar-refractivity contribution in [1.29, 1.82) is 0 Å². The Hall–Kier alpha value is -3.47. The summed E-state index contributed by atoms with van der Waals surface area (Å²) in [7, 11) is 0. The summed E-state index contributed by atoms with van der Waals surface area (Å²) in [5, 5.41) is 4.20. The third-order valence-electron chi connectivity index (χ3n) is 3.78. The molecule has 0 aliphatic heterocycles. The van der Waals surface area contributed by atoms with E-state index in [9.17, 15) is 4.79 Å². The number of rotatable bonds is 6. The monoisotopic (exact) mass is 345 g/mol. The number of aromatic nitrogens is 1. The van der Waals surface area contributed by atoms with Crippen molar-refractivity contribution in [3.8, 4) is 5.75 Å². The first-order valence-corrected chi connectivity index (χ1v) is 8.25. The highest BCUT2D eigenvalue weighted by Crippen LogP contribution is 2.20. The number of carbonyl (C=O) groups excluding carboxylic acids is 1. The maximum Gasteiger partial charge on any atom is 0.271 e. The first kappa shape index (κ1) is 17.4. The SMILES string of the molecule is C/C(=N/NC(=O)c1ccncc1)c1ccccc1OCc1ccccc1. The van der Waals surface area contributed by atoms with Crippen LogP contribution in [0.15, 0.2) is 84.2 Å². The van der Waals surface area contributed by atoms with Crippen LogP contribution in [0.3, 0.4) is 0 Å². The summed E-state index contributed by atoms with van der Waals surface area (Å²) in [5.41, 5.74) is 5.65. The third-order valence-corrected chi connectivity index (χ3v) is 3.78. The van der Waals surface area contributed by atoms with Gasteiger partial charge in [-0.05, 0) is 36.8 Å². The lowest BCUT2D eigenvalue weighted by Gasteiger charge is -2.11. The van der Waals surface area contributed by atoms with Gasteiger partial charge in [0.2, 0.25) is 0 Å². The molecule has 1 aromatic heterocycles. The van der Waals surface area contributed by atoms with E-state index in [0.29, 0.717) is 17.9 Å². The Balaban J connectivity index is 1.71. The molecule has 130 valence electrons. The molecule has 26 heavy (non-hydrogen) atoms. The molecule has 1 heterocycles. The second kappa shape index (κ2) is 8.58. The van der Waals surface area contributed by atoms with Gasteiger partial charge in [0.05, 0.1) is 5.71 Å². The molecule has 0 saturated heterocycles. The smallest absolute Gasteiger partial charge is 0.271 e. The number of pyridine rings is 1. The Morgan fingerprint density at radius 3 is 2.46 bits per heavy atom. The zero-order chi connectivity index (χ0) is 18.2. The van der Waals surface area contributed by atoms with E-state index in [1.54, 1.807) is 24.5 Å². The zero-order valence-electron chi connectivity index (χ0n) is 14.4. The average molecular weight is 345 g/mol. The highest BCUT2D eigenvalue weighted by Gasteiger charge is 2.08. The molecule has 0 atom stereocenters. The summed E-state index contributed by atoms with van der Waals surface area (Å²) in [6.45, 7) is 2.30. The van der Waals surface area contributed by atoms with Crippen LogP contribution in [-0.4, -0.2) is 16.6 Å². The lowest BCUT2D eigenvalue weighted by atomic mass is 10.1. The molecule has 3 rings (SSSR count). The van der Waals surface area contributed by atoms with E-state index in [1.807, 2.05) is 61.5 Å². The first-order chi connectivity index (χ1) is 12.7. The molecule has 0 radical (unpaired) electrons. The first-order valence-electron chi connectivity index (χ1n) is 8.25. The quantitative estimate of drug-likeness (QED) is 0.546. The fraction of sp³-hybridized carbons (Fsp3) is 0.0952. The van der Waals surface area contributed by atoms with Crippen molar-refractivity contribution in [2.45, 2.75) is 13.5 Å². The molecule has 0 saturated carbocycles. The van der Waals surface area contributed by atoms with E-state index in [-0.39, 0.29) is 5.91 Å². The normalized spacial score (nSPS) is 11.0. The van der Waals surface area contributed by atoms with Crippen molar-refractivity contribution < 1.29 is 9.53 Å². The zero-order valence-corrected chi connectivity index (χ0v) is 14.4. The maximum atomic E-state index is 12.1. The minimum atomic E-state index is -0.283. The predicted octanol–water partition coefficient (Wildman–Crippen LogP) is 3.81. The van der Waals surface area contributed by atoms with Gasteiger partial charge in [-0.3, -0.25) is 9.78 Å². The van der Waals surface area contributed by atoms with E-state index in [0.717, 1.165) is 16.9 Å². The topological polar surface area (TPSA) is 63.6 Å². The summed E-state index contributed by atoms with van der Waals surface area (Å²) >= 11 is 0. The number of hydrogen-bond donors (Lipinski definition) is 1. The maximum absolute atomic E-state index is 12.1. The number of hydrazone groups is 1. The van der Waals surface area contributed by atoms with Crippen LogP contribution in [0.25, 0.3) is 0 Å². The molecule has 0 spiro atoms. The van der Waals surface area contributed by atoms with Crippen molar-refractivity contribution in [3.63, 3.8) is 0 Å². The molecule has 0 unspecified atom stereocenters. The van der Waals surface area contributed by atoms with E-state index in [2.05, 4.69) is 15.5 Å². The Morgan fingerprint density at radius 2 is 1.69 bits per heavy atom. The van der Waals surface area contributed by atoms with Crippen LogP contribution in [0.5, 0.6) is 5.75 Å². The minimum Gasteiger partial charge on any atom is -0.488 e. The van der Waals surface area contributed by atoms with Crippen molar-refractivity contribution in [2.75, 3.05) is 0 Å². The van der Waals surface area contributed by atoms with E-state index in [4.69, 9.17) is 4.74 Å². The molecule has 5 heteroatoms. The second-order valence-corrected chi connectivity index (χ2v) is 5.64. The molecule has 1 amide bonds. The van der Waals surface area contributed by atoms with Gasteiger partial charge in [0.1, 0.15) is 12.4 Å². The predicted molar refractivity (Wildman–Crippen MR) is 101 cm³/mol. The van der Waals surface area contributed by atoms with Crippen LogP contribution in [0, 0.1) is 0 Å². The van der Waals surface area contributed by atoms with E-state index < -0.39 is 0 Å². The minimum absolute atomic E-state index is 0.283. The highest BCUT2D eigenvalue weighted by molar-refractivity contribution is 6.02. The molecule has 0 fully saturated rings. The largest absolute Gasteiger partial charge is 0.488 e. The van der Waals surface area contributed by atoms with Crippen molar-refractivity contribution >= 4 is 11.6 Å². The standard InChI is InChI=1S/C21H19N3O2/c1-16(23-24-21(25)18-11-13-22-14-12-18)19-9-5-6-10-20(19)26-15-17-7-3-2-4-8-17/h2-14H,15H2,1H3,(H,24,25)/b23-16-. The molecule has 1 N–H and O–H groups in total. The Labute approximate surface area is 152 Å². The Bertz CT molecular complexity index is 893. The number of para-hydroxylation sites is 1. The molecular weight excluding hydrogens is 326 g/mol. The van der Waals surface area contributed by atoms with Crippen LogP contribution < -0.4 is 10.2 Å². The van der Waals surface area contributed by atoms with Crippen molar-refractivity contribution in [2.24, 2.45) is 5.10 Å². The van der Waals surface area contributed by atoms with Gasteiger partial charge in [0.15, 0.2) is 0 Å². The van der Waals surface area contributed by atoms with Crippen LogP contribution in [0.2, 0.25) is 0 Å². The molecule has 0 aliphatic carbocycles. The second-order valence-electron chi connectivity index (χ2n) is 5.64. The number of hydrogen-bond acceptors (Lipinski definition) is 4. The highest BCUT2D eigenvalue weighted by atomic mass is 16.5. The van der Waals surface area contributed by atoms with Crippen LogP contribution in [-0.2, 0) is 6.61 Å². The number of ether oxygens (including phenoxy) is 1. The van der Waals surface area contributed by atoms with Crippen LogP contribution in [0.4, 0.5) is 0 Å². The fourth-order valence-electron chi connectivity index (χ4n) is 2.39. The lowest BCUT2D eigenvalue weighted by molar-refractivity contribution is 0.0954. The number of amides is 1. The van der Waals surface area contributed by atoms with Gasteiger partial charge in [0, 0.05) is 23.5 Å². The summed E-state index contributed by atoms with van der Waals surface area (Å²) in [5.74, 6) is 0.435. The van der Waals surface area contributed by atoms with E-state index >= 15 is 0 Å². The van der Waals surface area contributed by atoms with Gasteiger partial charge in [-0.2, -0.15) is 5.10 Å². The lowest BCUT2D eigenvalue weighted by Crippen LogP contribution is -2.19. The van der Waals surface area contributed by atoms with Crippen LogP contribution in [0.1, 0.15) is 28.4 Å². The molecule has 5 nitrogen and oxygen atoms in total. The van der Waals surface area contributed by atoms with E-state index in [1.165, 1.54) is 0 Å². The number of carbonyl (C=O) groups is 1.